The Morgan fingerprint density at radius 3 is 2.89 bits per heavy atom. The van der Waals surface area contributed by atoms with Crippen molar-refractivity contribution in [1.29, 1.82) is 0 Å². The molecular formula is C20H23FN4O2. The number of likely N-dealkylation sites (N-methyl/N-ethyl adjacent to an activating group) is 1. The molecule has 0 fully saturated rings. The summed E-state index contributed by atoms with van der Waals surface area (Å²) in [5, 5.41) is 0. The fraction of sp³-hybridized carbons (Fsp3) is 0.300. The molecule has 0 saturated carbocycles. The molecule has 1 heterocycles. The molecule has 6 nitrogen and oxygen atoms in total. The van der Waals surface area contributed by atoms with Crippen LogP contribution in [0.2, 0.25) is 0 Å². The van der Waals surface area contributed by atoms with Crippen LogP contribution in [0.3, 0.4) is 0 Å². The zero-order chi connectivity index (χ0) is 19.2. The number of nitrogens with zero attached hydrogens (tertiary/aromatic N) is 2. The van der Waals surface area contributed by atoms with E-state index in [1.54, 1.807) is 7.05 Å². The molecule has 1 amide bonds. The highest BCUT2D eigenvalue weighted by molar-refractivity contribution is 5.96. The van der Waals surface area contributed by atoms with Gasteiger partial charge in [0, 0.05) is 20.0 Å². The van der Waals surface area contributed by atoms with Gasteiger partial charge in [-0.3, -0.25) is 4.79 Å². The number of aromatic amines is 1. The van der Waals surface area contributed by atoms with E-state index in [9.17, 15) is 9.18 Å². The van der Waals surface area contributed by atoms with Crippen molar-refractivity contribution in [3.05, 3.63) is 59.7 Å². The molecule has 0 bridgehead atoms. The van der Waals surface area contributed by atoms with Crippen molar-refractivity contribution >= 4 is 16.9 Å². The summed E-state index contributed by atoms with van der Waals surface area (Å²) in [5.41, 5.74) is 7.52. The fourth-order valence-electron chi connectivity index (χ4n) is 2.77. The van der Waals surface area contributed by atoms with E-state index >= 15 is 0 Å². The Bertz CT molecular complexity index is 892. The number of imidazole rings is 1. The number of hydrogen-bond acceptors (Lipinski definition) is 4. The first-order chi connectivity index (χ1) is 13.1. The lowest BCUT2D eigenvalue weighted by Crippen LogP contribution is -2.29. The predicted octanol–water partition coefficient (Wildman–Crippen LogP) is 2.74. The third-order valence-corrected chi connectivity index (χ3v) is 4.25. The van der Waals surface area contributed by atoms with Crippen LogP contribution >= 0.6 is 0 Å². The van der Waals surface area contributed by atoms with Crippen LogP contribution in [0.1, 0.15) is 22.6 Å². The van der Waals surface area contributed by atoms with Crippen molar-refractivity contribution in [3.8, 4) is 5.75 Å². The minimum absolute atomic E-state index is 0.208. The number of ether oxygens (including phenoxy) is 1. The standard InChI is InChI=1S/C20H23FN4O2/c1-25(11-9-19-23-16-5-2-3-6-17(16)24-19)20(26)15-13-14(21)7-8-18(15)27-12-4-10-22/h2-3,5-8,13H,4,9-12,22H2,1H3,(H,23,24). The minimum Gasteiger partial charge on any atom is -0.493 e. The summed E-state index contributed by atoms with van der Waals surface area (Å²) in [6.45, 7) is 1.31. The molecule has 0 aliphatic carbocycles. The van der Waals surface area contributed by atoms with Gasteiger partial charge in [-0.25, -0.2) is 9.37 Å². The van der Waals surface area contributed by atoms with E-state index in [1.165, 1.54) is 23.1 Å². The van der Waals surface area contributed by atoms with E-state index in [4.69, 9.17) is 10.5 Å². The van der Waals surface area contributed by atoms with E-state index in [1.807, 2.05) is 24.3 Å². The summed E-state index contributed by atoms with van der Waals surface area (Å²) in [7, 11) is 1.68. The third-order valence-electron chi connectivity index (χ3n) is 4.25. The number of aromatic nitrogens is 2. The molecule has 142 valence electrons. The minimum atomic E-state index is -0.477. The zero-order valence-corrected chi connectivity index (χ0v) is 15.2. The molecular weight excluding hydrogens is 347 g/mol. The van der Waals surface area contributed by atoms with Gasteiger partial charge in [0.2, 0.25) is 0 Å². The molecule has 0 atom stereocenters. The Labute approximate surface area is 157 Å². The summed E-state index contributed by atoms with van der Waals surface area (Å²) in [6.07, 6.45) is 1.22. The van der Waals surface area contributed by atoms with Gasteiger partial charge in [0.15, 0.2) is 0 Å². The lowest BCUT2D eigenvalue weighted by molar-refractivity contribution is 0.0791. The highest BCUT2D eigenvalue weighted by atomic mass is 19.1. The van der Waals surface area contributed by atoms with E-state index in [-0.39, 0.29) is 11.5 Å². The Balaban J connectivity index is 1.68. The average molecular weight is 370 g/mol. The van der Waals surface area contributed by atoms with Crippen LogP contribution in [0.25, 0.3) is 11.0 Å². The van der Waals surface area contributed by atoms with Crippen molar-refractivity contribution in [1.82, 2.24) is 14.9 Å². The van der Waals surface area contributed by atoms with Gasteiger partial charge >= 0.3 is 0 Å². The van der Waals surface area contributed by atoms with E-state index < -0.39 is 5.82 Å². The summed E-state index contributed by atoms with van der Waals surface area (Å²) in [5.74, 6) is 0.392. The normalized spacial score (nSPS) is 10.9. The van der Waals surface area contributed by atoms with Gasteiger partial charge in [0.05, 0.1) is 23.2 Å². The lowest BCUT2D eigenvalue weighted by atomic mass is 10.1. The van der Waals surface area contributed by atoms with Crippen molar-refractivity contribution in [2.45, 2.75) is 12.8 Å². The van der Waals surface area contributed by atoms with Crippen molar-refractivity contribution in [2.75, 3.05) is 26.7 Å². The number of hydrogen-bond donors (Lipinski definition) is 2. The lowest BCUT2D eigenvalue weighted by Gasteiger charge is -2.19. The van der Waals surface area contributed by atoms with Gasteiger partial charge in [0.1, 0.15) is 17.4 Å². The Morgan fingerprint density at radius 1 is 1.30 bits per heavy atom. The molecule has 3 rings (SSSR count). The van der Waals surface area contributed by atoms with Crippen molar-refractivity contribution < 1.29 is 13.9 Å². The van der Waals surface area contributed by atoms with Crippen LogP contribution in [0, 0.1) is 5.82 Å². The van der Waals surface area contributed by atoms with Gasteiger partial charge in [-0.1, -0.05) is 12.1 Å². The molecule has 2 aromatic carbocycles. The molecule has 3 N–H and O–H groups in total. The van der Waals surface area contributed by atoms with Gasteiger partial charge in [-0.05, 0) is 43.3 Å². The molecule has 0 saturated heterocycles. The van der Waals surface area contributed by atoms with Gasteiger partial charge in [-0.15, -0.1) is 0 Å². The number of fused-ring (bicyclic) bond motifs is 1. The van der Waals surface area contributed by atoms with Crippen LogP contribution < -0.4 is 10.5 Å². The largest absolute Gasteiger partial charge is 0.493 e. The first-order valence-corrected chi connectivity index (χ1v) is 8.90. The second-order valence-corrected chi connectivity index (χ2v) is 6.31. The third kappa shape index (κ3) is 4.62. The number of halogens is 1. The Hall–Kier alpha value is -2.93. The molecule has 0 aliphatic rings. The Kier molecular flexibility index (Phi) is 6.03. The summed E-state index contributed by atoms with van der Waals surface area (Å²) < 4.78 is 19.3. The van der Waals surface area contributed by atoms with Gasteiger partial charge < -0.3 is 20.4 Å². The SMILES string of the molecule is CN(CCc1nc2ccccc2[nH]1)C(=O)c1cc(F)ccc1OCCCN. The molecule has 27 heavy (non-hydrogen) atoms. The van der Waals surface area contributed by atoms with E-state index in [2.05, 4.69) is 9.97 Å². The Morgan fingerprint density at radius 2 is 2.11 bits per heavy atom. The van der Waals surface area contributed by atoms with E-state index in [0.29, 0.717) is 38.3 Å². The summed E-state index contributed by atoms with van der Waals surface area (Å²) in [4.78, 5) is 22.1. The van der Waals surface area contributed by atoms with Crippen LogP contribution in [0.4, 0.5) is 4.39 Å². The van der Waals surface area contributed by atoms with Crippen LogP contribution in [-0.4, -0.2) is 47.5 Å². The number of carbonyl (C=O) groups is 1. The quantitative estimate of drug-likeness (QED) is 0.597. The van der Waals surface area contributed by atoms with Gasteiger partial charge in [-0.2, -0.15) is 0 Å². The topological polar surface area (TPSA) is 84.2 Å². The fourth-order valence-corrected chi connectivity index (χ4v) is 2.77. The van der Waals surface area contributed by atoms with Gasteiger partial charge in [0.25, 0.3) is 5.91 Å². The predicted molar refractivity (Wildman–Crippen MR) is 102 cm³/mol. The highest BCUT2D eigenvalue weighted by Crippen LogP contribution is 2.22. The number of carbonyl (C=O) groups excluding carboxylic acids is 1. The number of amides is 1. The number of para-hydroxylation sites is 2. The zero-order valence-electron chi connectivity index (χ0n) is 15.2. The smallest absolute Gasteiger partial charge is 0.257 e. The van der Waals surface area contributed by atoms with Crippen molar-refractivity contribution in [3.63, 3.8) is 0 Å². The maximum absolute atomic E-state index is 13.7. The summed E-state index contributed by atoms with van der Waals surface area (Å²) >= 11 is 0. The van der Waals surface area contributed by atoms with Crippen molar-refractivity contribution in [2.24, 2.45) is 5.73 Å². The monoisotopic (exact) mass is 370 g/mol. The first-order valence-electron chi connectivity index (χ1n) is 8.90. The molecule has 3 aromatic rings. The molecule has 0 spiro atoms. The molecule has 0 radical (unpaired) electrons. The number of rotatable bonds is 8. The molecule has 0 unspecified atom stereocenters. The van der Waals surface area contributed by atoms with E-state index in [0.717, 1.165) is 16.9 Å². The first kappa shape index (κ1) is 18.8. The molecule has 7 heteroatoms. The number of benzene rings is 2. The second-order valence-electron chi connectivity index (χ2n) is 6.31. The number of nitrogens with two attached hydrogens (primary N) is 1. The molecule has 1 aromatic heterocycles. The summed E-state index contributed by atoms with van der Waals surface area (Å²) in [6, 6.07) is 11.7. The average Bonchev–Trinajstić information content (AvgIpc) is 3.09. The van der Waals surface area contributed by atoms with Crippen LogP contribution in [-0.2, 0) is 6.42 Å². The highest BCUT2D eigenvalue weighted by Gasteiger charge is 2.18. The number of H-pyrrole nitrogens is 1. The maximum atomic E-state index is 13.7. The molecule has 0 aliphatic heterocycles. The van der Waals surface area contributed by atoms with Crippen LogP contribution in [0.15, 0.2) is 42.5 Å². The van der Waals surface area contributed by atoms with Crippen LogP contribution in [0.5, 0.6) is 5.75 Å². The maximum Gasteiger partial charge on any atom is 0.257 e. The number of nitrogens with one attached hydrogen (secondary N) is 1. The second kappa shape index (κ2) is 8.64.